The van der Waals surface area contributed by atoms with Gasteiger partial charge in [-0.1, -0.05) is 88.4 Å². The third-order valence-electron chi connectivity index (χ3n) is 10.3. The van der Waals surface area contributed by atoms with E-state index in [4.69, 9.17) is 11.5 Å². The standard InChI is InChI=1S/C42H64N8O8/c1-3-5-15-31(44)37(52)48-34(25-29-19-21-30(51)22-20-29)39(54)47-32(16-6-4-2)38(53)46-27-45-33(17-10-11-23-43)41(56)50-24-12-18-36(50)40(55)49-35(42(57)58)26-28-13-8-7-9-14-28/h7-9,13-14,19-22,31-36,45,51H,3-6,10-12,15-18,23-27,43-44H2,1-2H3,(H,46,53)(H,47,54)(H,48,52)(H,49,55)(H,57,58)/t31-,32-,33-,34-,35-,36-/m0/s1. The molecular formula is C42H64N8O8. The van der Waals surface area contributed by atoms with Crippen molar-refractivity contribution in [3.05, 3.63) is 65.7 Å². The summed E-state index contributed by atoms with van der Waals surface area (Å²) in [5, 5.41) is 33.7. The number of amides is 5. The van der Waals surface area contributed by atoms with Crippen LogP contribution in [-0.4, -0.2) is 107 Å². The number of nitrogens with one attached hydrogen (secondary N) is 5. The quantitative estimate of drug-likeness (QED) is 0.0487. The van der Waals surface area contributed by atoms with Gasteiger partial charge in [0.1, 0.15) is 29.9 Å². The molecule has 0 aromatic heterocycles. The molecule has 2 aromatic carbocycles. The lowest BCUT2D eigenvalue weighted by Gasteiger charge is -2.30. The average Bonchev–Trinajstić information content (AvgIpc) is 3.71. The van der Waals surface area contributed by atoms with Crippen molar-refractivity contribution in [2.24, 2.45) is 11.5 Å². The number of benzene rings is 2. The number of carbonyl (C=O) groups excluding carboxylic acids is 5. The first-order valence-electron chi connectivity index (χ1n) is 20.6. The summed E-state index contributed by atoms with van der Waals surface area (Å²) < 4.78 is 0. The van der Waals surface area contributed by atoms with Gasteiger partial charge in [0, 0.05) is 19.4 Å². The number of nitrogens with two attached hydrogens (primary N) is 2. The molecule has 0 bridgehead atoms. The van der Waals surface area contributed by atoms with Gasteiger partial charge in [0.15, 0.2) is 0 Å². The first kappa shape index (κ1) is 47.3. The highest BCUT2D eigenvalue weighted by molar-refractivity contribution is 5.94. The highest BCUT2D eigenvalue weighted by Crippen LogP contribution is 2.21. The fourth-order valence-electron chi connectivity index (χ4n) is 6.87. The SMILES string of the molecule is CCCC[C@H](NC(=O)[C@H](Cc1ccc(O)cc1)NC(=O)[C@@H](N)CCCC)C(=O)NCN[C@@H](CCCCN)C(=O)N1CCC[C@H]1C(=O)N[C@@H](Cc1ccccc1)C(=O)O. The number of likely N-dealkylation sites (tertiary alicyclic amines) is 1. The van der Waals surface area contributed by atoms with Crippen molar-refractivity contribution >= 4 is 35.5 Å². The zero-order chi connectivity index (χ0) is 42.5. The van der Waals surface area contributed by atoms with Crippen LogP contribution in [0.1, 0.15) is 95.6 Å². The molecule has 1 saturated heterocycles. The van der Waals surface area contributed by atoms with Crippen molar-refractivity contribution in [1.82, 2.24) is 31.5 Å². The van der Waals surface area contributed by atoms with Crippen LogP contribution in [0.25, 0.3) is 0 Å². The van der Waals surface area contributed by atoms with E-state index < -0.39 is 65.8 Å². The second-order valence-corrected chi connectivity index (χ2v) is 14.9. The minimum absolute atomic E-state index is 0.0535. The smallest absolute Gasteiger partial charge is 0.326 e. The monoisotopic (exact) mass is 808 g/mol. The summed E-state index contributed by atoms with van der Waals surface area (Å²) in [5.41, 5.74) is 13.3. The van der Waals surface area contributed by atoms with E-state index >= 15 is 0 Å². The predicted octanol–water partition coefficient (Wildman–Crippen LogP) is 1.58. The maximum atomic E-state index is 14.0. The Morgan fingerprint density at radius 3 is 2.02 bits per heavy atom. The fourth-order valence-corrected chi connectivity index (χ4v) is 6.87. The average molecular weight is 809 g/mol. The molecule has 0 unspecified atom stereocenters. The normalized spacial score (nSPS) is 16.3. The van der Waals surface area contributed by atoms with Gasteiger partial charge >= 0.3 is 5.97 Å². The van der Waals surface area contributed by atoms with Gasteiger partial charge in [-0.15, -0.1) is 0 Å². The van der Waals surface area contributed by atoms with Crippen LogP contribution in [0.2, 0.25) is 0 Å². The van der Waals surface area contributed by atoms with E-state index in [1.165, 1.54) is 17.0 Å². The largest absolute Gasteiger partial charge is 0.508 e. The Hall–Kier alpha value is -5.06. The highest BCUT2D eigenvalue weighted by atomic mass is 16.4. The molecule has 58 heavy (non-hydrogen) atoms. The molecule has 16 nitrogen and oxygen atoms in total. The molecule has 0 spiro atoms. The van der Waals surface area contributed by atoms with Crippen LogP contribution in [-0.2, 0) is 41.6 Å². The number of phenols is 1. The Morgan fingerprint density at radius 1 is 0.741 bits per heavy atom. The van der Waals surface area contributed by atoms with Gasteiger partial charge in [-0.2, -0.15) is 0 Å². The number of aromatic hydroxyl groups is 1. The topological polar surface area (TPSA) is 258 Å². The Balaban J connectivity index is 1.69. The zero-order valence-corrected chi connectivity index (χ0v) is 33.9. The summed E-state index contributed by atoms with van der Waals surface area (Å²) in [6.45, 7) is 4.55. The lowest BCUT2D eigenvalue weighted by Crippen LogP contribution is -2.58. The number of carboxylic acids is 1. The van der Waals surface area contributed by atoms with Gasteiger partial charge in [-0.3, -0.25) is 29.3 Å². The molecule has 1 aliphatic heterocycles. The molecule has 11 N–H and O–H groups in total. The summed E-state index contributed by atoms with van der Waals surface area (Å²) >= 11 is 0. The van der Waals surface area contributed by atoms with E-state index in [0.29, 0.717) is 70.0 Å². The third-order valence-corrected chi connectivity index (χ3v) is 10.3. The van der Waals surface area contributed by atoms with Crippen LogP contribution in [0.15, 0.2) is 54.6 Å². The molecule has 1 aliphatic rings. The molecule has 1 fully saturated rings. The van der Waals surface area contributed by atoms with E-state index in [-0.39, 0.29) is 31.2 Å². The number of phenolic OH excluding ortho intramolecular Hbond substituents is 1. The number of nitrogens with zero attached hydrogens (tertiary/aromatic N) is 1. The molecule has 2 aromatic rings. The summed E-state index contributed by atoms with van der Waals surface area (Å²) in [6, 6.07) is 9.58. The van der Waals surface area contributed by atoms with Gasteiger partial charge in [0.05, 0.1) is 18.8 Å². The van der Waals surface area contributed by atoms with Gasteiger partial charge in [-0.25, -0.2) is 4.79 Å². The third kappa shape index (κ3) is 15.7. The van der Waals surface area contributed by atoms with Crippen molar-refractivity contribution in [2.75, 3.05) is 19.8 Å². The second-order valence-electron chi connectivity index (χ2n) is 14.9. The number of aliphatic carboxylic acids is 1. The Morgan fingerprint density at radius 2 is 1.36 bits per heavy atom. The van der Waals surface area contributed by atoms with E-state index in [0.717, 1.165) is 24.8 Å². The van der Waals surface area contributed by atoms with E-state index in [1.54, 1.807) is 36.4 Å². The number of carboxylic acid groups (broad SMARTS) is 1. The minimum Gasteiger partial charge on any atom is -0.508 e. The van der Waals surface area contributed by atoms with Crippen LogP contribution < -0.4 is 38.1 Å². The van der Waals surface area contributed by atoms with Crippen LogP contribution >= 0.6 is 0 Å². The zero-order valence-electron chi connectivity index (χ0n) is 33.9. The lowest BCUT2D eigenvalue weighted by molar-refractivity contribution is -0.144. The number of rotatable bonds is 26. The molecule has 320 valence electrons. The minimum atomic E-state index is -1.18. The molecule has 6 atom stereocenters. The van der Waals surface area contributed by atoms with Crippen molar-refractivity contribution in [3.8, 4) is 5.75 Å². The van der Waals surface area contributed by atoms with Crippen LogP contribution in [0.4, 0.5) is 0 Å². The van der Waals surface area contributed by atoms with Crippen molar-refractivity contribution in [3.63, 3.8) is 0 Å². The molecule has 5 amide bonds. The van der Waals surface area contributed by atoms with Gasteiger partial charge < -0.3 is 47.8 Å². The van der Waals surface area contributed by atoms with Crippen molar-refractivity contribution < 1.29 is 39.0 Å². The summed E-state index contributed by atoms with van der Waals surface area (Å²) in [7, 11) is 0. The maximum absolute atomic E-state index is 14.0. The first-order chi connectivity index (χ1) is 27.9. The summed E-state index contributed by atoms with van der Waals surface area (Å²) in [5.74, 6) is -3.56. The van der Waals surface area contributed by atoms with Crippen molar-refractivity contribution in [1.29, 1.82) is 0 Å². The van der Waals surface area contributed by atoms with Gasteiger partial charge in [0.2, 0.25) is 29.5 Å². The molecule has 3 rings (SSSR count). The fraction of sp³-hybridized carbons (Fsp3) is 0.571. The number of carbonyl (C=O) groups is 6. The molecule has 0 radical (unpaired) electrons. The van der Waals surface area contributed by atoms with E-state index in [9.17, 15) is 39.0 Å². The van der Waals surface area contributed by atoms with Crippen LogP contribution in [0, 0.1) is 0 Å². The van der Waals surface area contributed by atoms with Gasteiger partial charge in [-0.05, 0) is 68.3 Å². The Bertz CT molecular complexity index is 1610. The molecule has 1 heterocycles. The molecule has 16 heteroatoms. The Kier molecular flexibility index (Phi) is 20.7. The van der Waals surface area contributed by atoms with Crippen LogP contribution in [0.5, 0.6) is 5.75 Å². The molecule has 0 saturated carbocycles. The molecular weight excluding hydrogens is 745 g/mol. The lowest BCUT2D eigenvalue weighted by atomic mass is 10.0. The number of unbranched alkanes of at least 4 members (excludes halogenated alkanes) is 3. The van der Waals surface area contributed by atoms with E-state index in [1.807, 2.05) is 19.9 Å². The predicted molar refractivity (Wildman–Crippen MR) is 220 cm³/mol. The van der Waals surface area contributed by atoms with Crippen LogP contribution in [0.3, 0.4) is 0 Å². The van der Waals surface area contributed by atoms with Gasteiger partial charge in [0.25, 0.3) is 0 Å². The van der Waals surface area contributed by atoms with Crippen molar-refractivity contribution in [2.45, 2.75) is 134 Å². The Labute approximate surface area is 341 Å². The molecule has 0 aliphatic carbocycles. The summed E-state index contributed by atoms with van der Waals surface area (Å²) in [4.78, 5) is 81.5. The summed E-state index contributed by atoms with van der Waals surface area (Å²) in [6.07, 6.45) is 6.47. The van der Waals surface area contributed by atoms with E-state index in [2.05, 4.69) is 26.6 Å². The number of hydrogen-bond acceptors (Lipinski definition) is 10. The number of hydrogen-bond donors (Lipinski definition) is 9. The second kappa shape index (κ2) is 25.3. The first-order valence-corrected chi connectivity index (χ1v) is 20.6. The maximum Gasteiger partial charge on any atom is 0.326 e. The highest BCUT2D eigenvalue weighted by Gasteiger charge is 2.38.